The lowest BCUT2D eigenvalue weighted by molar-refractivity contribution is -0.163. The Kier molecular flexibility index (Phi) is 8.60. The summed E-state index contributed by atoms with van der Waals surface area (Å²) in [6.45, 7) is 4.55. The van der Waals surface area contributed by atoms with Crippen LogP contribution in [-0.4, -0.2) is 80.3 Å². The maximum absolute atomic E-state index is 13.6. The van der Waals surface area contributed by atoms with Gasteiger partial charge in [0, 0.05) is 45.3 Å². The number of aliphatic hydroxyl groups excluding tert-OH is 1. The summed E-state index contributed by atoms with van der Waals surface area (Å²) in [4.78, 5) is 55.1. The van der Waals surface area contributed by atoms with Gasteiger partial charge in [0.2, 0.25) is 11.8 Å². The Morgan fingerprint density at radius 1 is 1.20 bits per heavy atom. The van der Waals surface area contributed by atoms with Crippen molar-refractivity contribution < 1.29 is 29.4 Å². The van der Waals surface area contributed by atoms with Crippen LogP contribution in [0.3, 0.4) is 0 Å². The molecule has 2 fully saturated rings. The highest BCUT2D eigenvalue weighted by atomic mass is 32.2. The number of β-lactam (4-membered cyclic amide) rings is 1. The molecule has 0 saturated carbocycles. The molecule has 0 aliphatic carbocycles. The zero-order valence-electron chi connectivity index (χ0n) is 23.0. The summed E-state index contributed by atoms with van der Waals surface area (Å²) in [5, 5.41) is 23.1. The number of benzene rings is 2. The number of rotatable bonds is 10. The number of carboxylic acid groups (broad SMARTS) is 1. The minimum atomic E-state index is -1.16. The van der Waals surface area contributed by atoms with E-state index in [2.05, 4.69) is 16.3 Å². The number of aldehydes is 1. The molecule has 2 amide bonds. The first-order chi connectivity index (χ1) is 19.6. The van der Waals surface area contributed by atoms with E-state index in [0.717, 1.165) is 16.7 Å². The minimum Gasteiger partial charge on any atom is -0.477 e. The summed E-state index contributed by atoms with van der Waals surface area (Å²) in [6, 6.07) is 14.0. The predicted molar refractivity (Wildman–Crippen MR) is 159 cm³/mol. The van der Waals surface area contributed by atoms with Crippen LogP contribution in [0.25, 0.3) is 0 Å². The summed E-state index contributed by atoms with van der Waals surface area (Å²) in [7, 11) is 0. The van der Waals surface area contributed by atoms with Crippen LogP contribution in [0.5, 0.6) is 0 Å². The second kappa shape index (κ2) is 12.0. The number of carbonyl (C=O) groups is 4. The number of fused-ring (bicyclic) bond motifs is 1. The van der Waals surface area contributed by atoms with Crippen molar-refractivity contribution in [1.82, 2.24) is 9.80 Å². The van der Waals surface area contributed by atoms with Gasteiger partial charge in [-0.1, -0.05) is 31.2 Å². The Bertz CT molecular complexity index is 1410. The van der Waals surface area contributed by atoms with Gasteiger partial charge in [-0.3, -0.25) is 19.3 Å². The molecule has 0 spiro atoms. The maximum Gasteiger partial charge on any atom is 0.353 e. The SMILES string of the molecule is CSc1cccc(CN2C[C@@H](SC3=C(C(=O)O)N4C(=O)[C@H]([C@@H](C)O)[C@H]4[C@H]3C)C[C@H]2C(=O)Nc2cccc(C=O)c2)c1. The number of carboxylic acids is 1. The number of aliphatic hydroxyl groups is 1. The number of likely N-dealkylation sites (tertiary alicyclic amines) is 1. The van der Waals surface area contributed by atoms with Crippen molar-refractivity contribution in [2.45, 2.75) is 55.1 Å². The Morgan fingerprint density at radius 3 is 2.63 bits per heavy atom. The predicted octanol–water partition coefficient (Wildman–Crippen LogP) is 3.69. The number of anilines is 1. The Hall–Kier alpha value is -3.12. The van der Waals surface area contributed by atoms with Crippen LogP contribution in [0.1, 0.15) is 36.2 Å². The molecule has 3 heterocycles. The molecule has 0 bridgehead atoms. The van der Waals surface area contributed by atoms with E-state index in [0.29, 0.717) is 35.7 Å². The number of nitrogens with zero attached hydrogens (tertiary/aromatic N) is 2. The van der Waals surface area contributed by atoms with Crippen LogP contribution in [0.15, 0.2) is 64.0 Å². The van der Waals surface area contributed by atoms with Crippen molar-refractivity contribution in [3.63, 3.8) is 0 Å². The molecular weight excluding hydrogens is 562 g/mol. The maximum atomic E-state index is 13.6. The molecule has 216 valence electrons. The highest BCUT2D eigenvalue weighted by molar-refractivity contribution is 8.03. The first-order valence-corrected chi connectivity index (χ1v) is 15.6. The van der Waals surface area contributed by atoms with Gasteiger partial charge in [0.1, 0.15) is 12.0 Å². The molecule has 0 radical (unpaired) electrons. The number of thioether (sulfide) groups is 2. The Morgan fingerprint density at radius 2 is 1.95 bits per heavy atom. The molecule has 0 aromatic heterocycles. The highest BCUT2D eigenvalue weighted by Crippen LogP contribution is 2.52. The smallest absolute Gasteiger partial charge is 0.353 e. The molecule has 3 aliphatic heterocycles. The number of nitrogens with one attached hydrogen (secondary N) is 1. The third kappa shape index (κ3) is 5.68. The van der Waals surface area contributed by atoms with Gasteiger partial charge in [0.15, 0.2) is 0 Å². The lowest BCUT2D eigenvalue weighted by atomic mass is 9.79. The summed E-state index contributed by atoms with van der Waals surface area (Å²) < 4.78 is 0. The van der Waals surface area contributed by atoms with E-state index in [1.807, 2.05) is 31.4 Å². The molecule has 11 heteroatoms. The topological polar surface area (TPSA) is 127 Å². The Balaban J connectivity index is 1.40. The standard InChI is InChI=1S/C30H33N3O6S2/c1-16-25-24(17(2)35)29(37)33(25)26(30(38)39)27(16)41-22-12-23(28(36)31-20-8-4-7-19(10-20)15-34)32(14-22)13-18-6-5-9-21(11-18)40-3/h4-11,15-17,22-25,35H,12-14H2,1-3H3,(H,31,36)(H,38,39)/t16-,17-,22+,23+,24-,25-/m1/s1. The number of amides is 2. The second-order valence-electron chi connectivity index (χ2n) is 10.8. The van der Waals surface area contributed by atoms with E-state index in [-0.39, 0.29) is 34.7 Å². The minimum absolute atomic E-state index is 0.00722. The van der Waals surface area contributed by atoms with E-state index >= 15 is 0 Å². The average molecular weight is 596 g/mol. The molecule has 41 heavy (non-hydrogen) atoms. The number of aliphatic carboxylic acids is 1. The quantitative estimate of drug-likeness (QED) is 0.214. The van der Waals surface area contributed by atoms with E-state index in [9.17, 15) is 29.4 Å². The fourth-order valence-electron chi connectivity index (χ4n) is 6.17. The summed E-state index contributed by atoms with van der Waals surface area (Å²) in [5.74, 6) is -2.58. The first kappa shape index (κ1) is 29.4. The van der Waals surface area contributed by atoms with E-state index in [1.165, 1.54) is 16.7 Å². The highest BCUT2D eigenvalue weighted by Gasteiger charge is 2.60. The Labute approximate surface area is 247 Å². The molecule has 9 nitrogen and oxygen atoms in total. The third-order valence-electron chi connectivity index (χ3n) is 8.08. The van der Waals surface area contributed by atoms with Crippen LogP contribution < -0.4 is 5.32 Å². The van der Waals surface area contributed by atoms with Crippen molar-refractivity contribution >= 4 is 53.3 Å². The fraction of sp³-hybridized carbons (Fsp3) is 0.400. The summed E-state index contributed by atoms with van der Waals surface area (Å²) in [6.07, 6.45) is 2.36. The van der Waals surface area contributed by atoms with Gasteiger partial charge in [0.25, 0.3) is 0 Å². The molecular formula is C30H33N3O6S2. The van der Waals surface area contributed by atoms with Crippen LogP contribution in [0.2, 0.25) is 0 Å². The van der Waals surface area contributed by atoms with Gasteiger partial charge in [-0.05, 0) is 49.4 Å². The van der Waals surface area contributed by atoms with Crippen molar-refractivity contribution in [2.75, 3.05) is 18.1 Å². The third-order valence-corrected chi connectivity index (χ3v) is 10.3. The lowest BCUT2D eigenvalue weighted by Crippen LogP contribution is -2.63. The van der Waals surface area contributed by atoms with Crippen molar-refractivity contribution in [3.05, 3.63) is 70.3 Å². The van der Waals surface area contributed by atoms with Crippen LogP contribution in [0.4, 0.5) is 5.69 Å². The van der Waals surface area contributed by atoms with Gasteiger partial charge in [0.05, 0.1) is 24.1 Å². The van der Waals surface area contributed by atoms with E-state index < -0.39 is 24.0 Å². The van der Waals surface area contributed by atoms with Crippen molar-refractivity contribution in [3.8, 4) is 0 Å². The van der Waals surface area contributed by atoms with E-state index in [1.54, 1.807) is 43.0 Å². The van der Waals surface area contributed by atoms with Gasteiger partial charge >= 0.3 is 5.97 Å². The second-order valence-corrected chi connectivity index (χ2v) is 13.0. The normalized spacial score (nSPS) is 26.5. The monoisotopic (exact) mass is 595 g/mol. The largest absolute Gasteiger partial charge is 0.477 e. The van der Waals surface area contributed by atoms with Gasteiger partial charge in [-0.2, -0.15) is 0 Å². The summed E-state index contributed by atoms with van der Waals surface area (Å²) >= 11 is 3.07. The number of carbonyl (C=O) groups excluding carboxylic acids is 3. The number of hydrogen-bond acceptors (Lipinski definition) is 8. The van der Waals surface area contributed by atoms with E-state index in [4.69, 9.17) is 0 Å². The zero-order valence-corrected chi connectivity index (χ0v) is 24.7. The first-order valence-electron chi connectivity index (χ1n) is 13.5. The van der Waals surface area contributed by atoms with Crippen LogP contribution in [-0.2, 0) is 20.9 Å². The van der Waals surface area contributed by atoms with Crippen LogP contribution in [0, 0.1) is 11.8 Å². The van der Waals surface area contributed by atoms with Crippen molar-refractivity contribution in [2.24, 2.45) is 11.8 Å². The summed E-state index contributed by atoms with van der Waals surface area (Å²) in [5.41, 5.74) is 2.06. The van der Waals surface area contributed by atoms with Gasteiger partial charge in [-0.25, -0.2) is 4.79 Å². The number of hydrogen-bond donors (Lipinski definition) is 3. The molecule has 6 atom stereocenters. The molecule has 3 N–H and O–H groups in total. The average Bonchev–Trinajstić information content (AvgIpc) is 3.45. The zero-order chi connectivity index (χ0) is 29.4. The van der Waals surface area contributed by atoms with Crippen LogP contribution >= 0.6 is 23.5 Å². The molecule has 0 unspecified atom stereocenters. The van der Waals surface area contributed by atoms with Gasteiger partial charge < -0.3 is 20.4 Å². The lowest BCUT2D eigenvalue weighted by Gasteiger charge is -2.46. The molecule has 5 rings (SSSR count). The van der Waals surface area contributed by atoms with Gasteiger partial charge in [-0.15, -0.1) is 23.5 Å². The fourth-order valence-corrected chi connectivity index (χ4v) is 8.21. The molecule has 2 aromatic rings. The molecule has 3 aliphatic rings. The molecule has 2 saturated heterocycles. The van der Waals surface area contributed by atoms with Crippen molar-refractivity contribution in [1.29, 1.82) is 0 Å². The molecule has 2 aromatic carbocycles.